The van der Waals surface area contributed by atoms with E-state index >= 15 is 0 Å². The molecule has 1 aliphatic heterocycles. The third-order valence-electron chi connectivity index (χ3n) is 4.59. The van der Waals surface area contributed by atoms with E-state index in [2.05, 4.69) is 14.8 Å². The van der Waals surface area contributed by atoms with Gasteiger partial charge in [0.05, 0.1) is 11.3 Å². The third-order valence-corrected chi connectivity index (χ3v) is 4.59. The number of aryl methyl sites for hydroxylation is 1. The van der Waals surface area contributed by atoms with Gasteiger partial charge in [-0.15, -0.1) is 0 Å². The lowest BCUT2D eigenvalue weighted by Crippen LogP contribution is -2.41. The van der Waals surface area contributed by atoms with Gasteiger partial charge in [-0.05, 0) is 61.7 Å². The molecule has 0 bridgehead atoms. The fourth-order valence-electron chi connectivity index (χ4n) is 3.21. The quantitative estimate of drug-likeness (QED) is 0.750. The summed E-state index contributed by atoms with van der Waals surface area (Å²) in [6.07, 6.45) is 1.31. The topological polar surface area (TPSA) is 54.8 Å². The van der Waals surface area contributed by atoms with Crippen molar-refractivity contribution in [3.05, 3.63) is 59.4 Å². The summed E-state index contributed by atoms with van der Waals surface area (Å²) in [5, 5.41) is 6.06. The number of nitrogens with zero attached hydrogens (tertiary/aromatic N) is 3. The maximum atomic E-state index is 13.1. The Balaban J connectivity index is 1.87. The highest BCUT2D eigenvalue weighted by molar-refractivity contribution is 6.05. The molecule has 1 aliphatic rings. The molecule has 0 saturated heterocycles. The molecule has 1 amide bonds. The van der Waals surface area contributed by atoms with E-state index in [4.69, 9.17) is 0 Å². The minimum absolute atomic E-state index is 0.0754. The summed E-state index contributed by atoms with van der Waals surface area (Å²) in [6, 6.07) is 8.01. The Morgan fingerprint density at radius 3 is 2.54 bits per heavy atom. The Labute approximate surface area is 163 Å². The lowest BCUT2D eigenvalue weighted by molar-refractivity contribution is -0.158. The molecule has 0 unspecified atom stereocenters. The smallest absolute Gasteiger partial charge is 0.394 e. The molecule has 0 atom stereocenters. The molecule has 2 aromatic rings. The number of carbonyl (C=O) groups excluding carboxylic acids is 1. The van der Waals surface area contributed by atoms with Crippen molar-refractivity contribution in [2.75, 3.05) is 0 Å². The van der Waals surface area contributed by atoms with Gasteiger partial charge in [0.15, 0.2) is 0 Å². The average molecular weight is 387 g/mol. The fourth-order valence-corrected chi connectivity index (χ4v) is 3.21. The maximum absolute atomic E-state index is 13.1. The number of alkyl halides is 2. The molecule has 0 N–H and O–H groups in total. The van der Waals surface area contributed by atoms with Gasteiger partial charge in [0.1, 0.15) is 5.75 Å². The third kappa shape index (κ3) is 4.18. The summed E-state index contributed by atoms with van der Waals surface area (Å²) >= 11 is 0. The van der Waals surface area contributed by atoms with Crippen LogP contribution in [0.15, 0.2) is 47.8 Å². The number of rotatable bonds is 5. The lowest BCUT2D eigenvalue weighted by Gasteiger charge is -2.29. The van der Waals surface area contributed by atoms with Crippen molar-refractivity contribution < 1.29 is 18.3 Å². The standard InChI is InChI=1S/C21H23F2N3O2/c1-5-14-13-24-11-10-17(14)19(27)26-20(2,3)12-18(25-26)15-6-8-16(9-7-15)28-21(4,22)23/h6-11,13H,5,12H2,1-4H3. The average Bonchev–Trinajstić information content (AvgIpc) is 2.95. The maximum Gasteiger partial charge on any atom is 0.394 e. The zero-order chi connectivity index (χ0) is 20.5. The van der Waals surface area contributed by atoms with Crippen molar-refractivity contribution >= 4 is 11.6 Å². The number of aromatic nitrogens is 1. The predicted molar refractivity (Wildman–Crippen MR) is 103 cm³/mol. The SMILES string of the molecule is CCc1cnccc1C(=O)N1N=C(c2ccc(OC(C)(F)F)cc2)CC1(C)C. The van der Waals surface area contributed by atoms with Crippen LogP contribution in [0.4, 0.5) is 8.78 Å². The van der Waals surface area contributed by atoms with Crippen LogP contribution in [0.1, 0.15) is 55.6 Å². The summed E-state index contributed by atoms with van der Waals surface area (Å²) in [6.45, 7) is 6.56. The van der Waals surface area contributed by atoms with E-state index in [9.17, 15) is 13.6 Å². The van der Waals surface area contributed by atoms with E-state index in [1.807, 2.05) is 20.8 Å². The molecular formula is C21H23F2N3O2. The number of ether oxygens (including phenoxy) is 1. The summed E-state index contributed by atoms with van der Waals surface area (Å²) in [4.78, 5) is 17.2. The first-order valence-corrected chi connectivity index (χ1v) is 9.13. The highest BCUT2D eigenvalue weighted by Gasteiger charge is 2.39. The molecule has 28 heavy (non-hydrogen) atoms. The molecule has 0 radical (unpaired) electrons. The van der Waals surface area contributed by atoms with Crippen molar-refractivity contribution in [1.29, 1.82) is 0 Å². The van der Waals surface area contributed by atoms with Crippen molar-refractivity contribution in [3.63, 3.8) is 0 Å². The van der Waals surface area contributed by atoms with E-state index in [0.29, 0.717) is 25.3 Å². The van der Waals surface area contributed by atoms with Crippen LogP contribution in [-0.2, 0) is 6.42 Å². The normalized spacial score (nSPS) is 16.1. The molecule has 1 aromatic heterocycles. The largest absolute Gasteiger partial charge is 0.433 e. The summed E-state index contributed by atoms with van der Waals surface area (Å²) in [5.41, 5.74) is 2.44. The second kappa shape index (κ2) is 7.30. The number of pyridine rings is 1. The van der Waals surface area contributed by atoms with Crippen LogP contribution in [0, 0.1) is 0 Å². The minimum atomic E-state index is -3.24. The molecule has 7 heteroatoms. The molecule has 3 rings (SSSR count). The monoisotopic (exact) mass is 387 g/mol. The Hall–Kier alpha value is -2.83. The van der Waals surface area contributed by atoms with Gasteiger partial charge in [-0.1, -0.05) is 6.92 Å². The predicted octanol–water partition coefficient (Wildman–Crippen LogP) is 4.66. The van der Waals surface area contributed by atoms with Crippen LogP contribution in [0.25, 0.3) is 0 Å². The van der Waals surface area contributed by atoms with Crippen LogP contribution in [0.5, 0.6) is 5.75 Å². The zero-order valence-electron chi connectivity index (χ0n) is 16.4. The van der Waals surface area contributed by atoms with Crippen molar-refractivity contribution in [3.8, 4) is 5.75 Å². The first-order valence-electron chi connectivity index (χ1n) is 9.13. The van der Waals surface area contributed by atoms with E-state index < -0.39 is 11.6 Å². The van der Waals surface area contributed by atoms with Gasteiger partial charge >= 0.3 is 6.11 Å². The number of halogens is 2. The number of amides is 1. The number of hydrogen-bond donors (Lipinski definition) is 0. The van der Waals surface area contributed by atoms with Crippen LogP contribution < -0.4 is 4.74 Å². The van der Waals surface area contributed by atoms with Crippen molar-refractivity contribution in [1.82, 2.24) is 9.99 Å². The number of hydrazone groups is 1. The molecule has 1 aromatic carbocycles. The van der Waals surface area contributed by atoms with E-state index in [0.717, 1.165) is 16.8 Å². The summed E-state index contributed by atoms with van der Waals surface area (Å²) in [7, 11) is 0. The second-order valence-corrected chi connectivity index (χ2v) is 7.47. The highest BCUT2D eigenvalue weighted by atomic mass is 19.3. The second-order valence-electron chi connectivity index (χ2n) is 7.47. The molecule has 0 saturated carbocycles. The van der Waals surface area contributed by atoms with Crippen LogP contribution in [-0.4, -0.2) is 33.3 Å². The first kappa shape index (κ1) is 19.9. The summed E-state index contributed by atoms with van der Waals surface area (Å²) in [5.74, 6) is -0.101. The Kier molecular flexibility index (Phi) is 5.19. The van der Waals surface area contributed by atoms with E-state index in [1.165, 1.54) is 17.1 Å². The summed E-state index contributed by atoms with van der Waals surface area (Å²) < 4.78 is 30.5. The van der Waals surface area contributed by atoms with Gasteiger partial charge in [-0.3, -0.25) is 9.78 Å². The van der Waals surface area contributed by atoms with Crippen molar-refractivity contribution in [2.45, 2.75) is 52.2 Å². The Morgan fingerprint density at radius 1 is 1.25 bits per heavy atom. The number of carbonyl (C=O) groups is 1. The Bertz CT molecular complexity index is 903. The Morgan fingerprint density at radius 2 is 1.93 bits per heavy atom. The van der Waals surface area contributed by atoms with Gasteiger partial charge < -0.3 is 4.74 Å². The van der Waals surface area contributed by atoms with Gasteiger partial charge in [0.25, 0.3) is 5.91 Å². The molecule has 5 nitrogen and oxygen atoms in total. The van der Waals surface area contributed by atoms with Gasteiger partial charge in [-0.2, -0.15) is 13.9 Å². The molecule has 148 valence electrons. The van der Waals surface area contributed by atoms with Crippen LogP contribution in [0.3, 0.4) is 0 Å². The van der Waals surface area contributed by atoms with Gasteiger partial charge in [0, 0.05) is 31.3 Å². The van der Waals surface area contributed by atoms with E-state index in [-0.39, 0.29) is 11.7 Å². The van der Waals surface area contributed by atoms with Gasteiger partial charge in [0.2, 0.25) is 0 Å². The number of hydrogen-bond acceptors (Lipinski definition) is 4. The highest BCUT2D eigenvalue weighted by Crippen LogP contribution is 2.32. The minimum Gasteiger partial charge on any atom is -0.433 e. The van der Waals surface area contributed by atoms with Crippen molar-refractivity contribution in [2.24, 2.45) is 5.10 Å². The molecule has 2 heterocycles. The zero-order valence-corrected chi connectivity index (χ0v) is 16.4. The fraction of sp³-hybridized carbons (Fsp3) is 0.381. The van der Waals surface area contributed by atoms with Gasteiger partial charge in [-0.25, -0.2) is 5.01 Å². The van der Waals surface area contributed by atoms with E-state index in [1.54, 1.807) is 30.6 Å². The molecule has 0 aliphatic carbocycles. The van der Waals surface area contributed by atoms with Crippen LogP contribution in [0.2, 0.25) is 0 Å². The molecule has 0 spiro atoms. The molecule has 0 fully saturated rings. The lowest BCUT2D eigenvalue weighted by atomic mass is 9.94. The first-order chi connectivity index (χ1) is 13.1. The van der Waals surface area contributed by atoms with Crippen LogP contribution >= 0.6 is 0 Å². The number of benzene rings is 1. The molecular weight excluding hydrogens is 364 g/mol.